The summed E-state index contributed by atoms with van der Waals surface area (Å²) < 4.78 is 0. The zero-order chi connectivity index (χ0) is 18.9. The molecule has 0 unspecified atom stereocenters. The van der Waals surface area contributed by atoms with Crippen LogP contribution in [-0.4, -0.2) is 0 Å². The van der Waals surface area contributed by atoms with Crippen LogP contribution in [0.2, 0.25) is 0 Å². The van der Waals surface area contributed by atoms with Crippen molar-refractivity contribution >= 4 is 38.6 Å². The lowest BCUT2D eigenvalue weighted by molar-refractivity contribution is 1.28. The van der Waals surface area contributed by atoms with Crippen LogP contribution in [0.3, 0.4) is 0 Å². The standard InChI is InChI=1S/C27H21N/c1-20-11-16-24(17-12-20)28(23-8-3-2-4-9-23)25-18-15-22-14-13-21-7-5-6-10-26(21)27(22)19-25/h2-19H,1H3. The number of para-hydroxylation sites is 1. The largest absolute Gasteiger partial charge is 0.310 e. The van der Waals surface area contributed by atoms with Gasteiger partial charge >= 0.3 is 0 Å². The molecular formula is C27H21N. The lowest BCUT2D eigenvalue weighted by Crippen LogP contribution is -2.09. The van der Waals surface area contributed by atoms with Gasteiger partial charge in [-0.3, -0.25) is 0 Å². The minimum Gasteiger partial charge on any atom is -0.310 e. The van der Waals surface area contributed by atoms with E-state index in [2.05, 4.69) is 121 Å². The Labute approximate surface area is 165 Å². The van der Waals surface area contributed by atoms with Gasteiger partial charge in [0.15, 0.2) is 0 Å². The average molecular weight is 359 g/mol. The molecule has 0 aliphatic heterocycles. The number of nitrogens with zero attached hydrogens (tertiary/aromatic N) is 1. The van der Waals surface area contributed by atoms with Gasteiger partial charge in [-0.05, 0) is 64.9 Å². The van der Waals surface area contributed by atoms with Gasteiger partial charge in [-0.15, -0.1) is 0 Å². The highest BCUT2D eigenvalue weighted by molar-refractivity contribution is 6.08. The molecule has 134 valence electrons. The minimum atomic E-state index is 1.16. The van der Waals surface area contributed by atoms with Crippen LogP contribution in [0.4, 0.5) is 17.1 Å². The third-order valence-electron chi connectivity index (χ3n) is 5.30. The zero-order valence-electron chi connectivity index (χ0n) is 15.8. The van der Waals surface area contributed by atoms with E-state index in [1.54, 1.807) is 0 Å². The Hall–Kier alpha value is -3.58. The predicted octanol–water partition coefficient (Wildman–Crippen LogP) is 7.77. The second-order valence-corrected chi connectivity index (χ2v) is 7.20. The van der Waals surface area contributed by atoms with Gasteiger partial charge in [0, 0.05) is 17.1 Å². The van der Waals surface area contributed by atoms with E-state index < -0.39 is 0 Å². The summed E-state index contributed by atoms with van der Waals surface area (Å²) in [6.07, 6.45) is 0. The summed E-state index contributed by atoms with van der Waals surface area (Å²) in [7, 11) is 0. The average Bonchev–Trinajstić information content (AvgIpc) is 2.76. The first-order valence-corrected chi connectivity index (χ1v) is 9.63. The molecule has 0 atom stereocenters. The third-order valence-corrected chi connectivity index (χ3v) is 5.30. The van der Waals surface area contributed by atoms with Crippen molar-refractivity contribution in [3.05, 3.63) is 115 Å². The highest BCUT2D eigenvalue weighted by Gasteiger charge is 2.13. The van der Waals surface area contributed by atoms with Crippen LogP contribution in [0.15, 0.2) is 109 Å². The molecule has 5 aromatic carbocycles. The Kier molecular flexibility index (Phi) is 4.06. The van der Waals surface area contributed by atoms with Crippen LogP contribution in [0, 0.1) is 6.92 Å². The normalized spacial score (nSPS) is 11.0. The van der Waals surface area contributed by atoms with Crippen molar-refractivity contribution in [2.45, 2.75) is 6.92 Å². The molecule has 5 aromatic rings. The monoisotopic (exact) mass is 359 g/mol. The first-order valence-electron chi connectivity index (χ1n) is 9.63. The number of fused-ring (bicyclic) bond motifs is 3. The molecule has 0 saturated carbocycles. The Bertz CT molecular complexity index is 1250. The van der Waals surface area contributed by atoms with E-state index in [1.807, 2.05) is 0 Å². The summed E-state index contributed by atoms with van der Waals surface area (Å²) in [5.41, 5.74) is 4.75. The van der Waals surface area contributed by atoms with Gasteiger partial charge in [0.1, 0.15) is 0 Å². The van der Waals surface area contributed by atoms with E-state index in [9.17, 15) is 0 Å². The van der Waals surface area contributed by atoms with Gasteiger partial charge in [0.05, 0.1) is 0 Å². The molecule has 0 heterocycles. The van der Waals surface area contributed by atoms with Crippen molar-refractivity contribution in [2.75, 3.05) is 4.90 Å². The van der Waals surface area contributed by atoms with Crippen molar-refractivity contribution in [2.24, 2.45) is 0 Å². The van der Waals surface area contributed by atoms with E-state index >= 15 is 0 Å². The van der Waals surface area contributed by atoms with E-state index in [1.165, 1.54) is 32.8 Å². The molecule has 0 saturated heterocycles. The van der Waals surface area contributed by atoms with Crippen molar-refractivity contribution in [1.82, 2.24) is 0 Å². The maximum atomic E-state index is 2.32. The number of hydrogen-bond donors (Lipinski definition) is 0. The van der Waals surface area contributed by atoms with Gasteiger partial charge in [-0.1, -0.05) is 78.4 Å². The molecule has 28 heavy (non-hydrogen) atoms. The van der Waals surface area contributed by atoms with Crippen molar-refractivity contribution in [3.63, 3.8) is 0 Å². The van der Waals surface area contributed by atoms with E-state index in [4.69, 9.17) is 0 Å². The van der Waals surface area contributed by atoms with E-state index in [-0.39, 0.29) is 0 Å². The molecule has 0 fully saturated rings. The molecule has 0 bridgehead atoms. The van der Waals surface area contributed by atoms with E-state index in [0.29, 0.717) is 0 Å². The quantitative estimate of drug-likeness (QED) is 0.297. The number of aryl methyl sites for hydroxylation is 1. The fourth-order valence-corrected chi connectivity index (χ4v) is 3.85. The lowest BCUT2D eigenvalue weighted by atomic mass is 10.0. The minimum absolute atomic E-state index is 1.16. The summed E-state index contributed by atoms with van der Waals surface area (Å²) in [5, 5.41) is 5.11. The lowest BCUT2D eigenvalue weighted by Gasteiger charge is -2.26. The maximum absolute atomic E-state index is 2.32. The topological polar surface area (TPSA) is 3.24 Å². The van der Waals surface area contributed by atoms with Gasteiger partial charge < -0.3 is 4.90 Å². The highest BCUT2D eigenvalue weighted by atomic mass is 15.1. The molecule has 0 radical (unpaired) electrons. The second kappa shape index (κ2) is 6.86. The molecule has 1 nitrogen and oxygen atoms in total. The molecule has 0 N–H and O–H groups in total. The molecular weight excluding hydrogens is 338 g/mol. The summed E-state index contributed by atoms with van der Waals surface area (Å²) in [5.74, 6) is 0. The first kappa shape index (κ1) is 16.6. The Morgan fingerprint density at radius 1 is 0.464 bits per heavy atom. The number of benzene rings is 5. The van der Waals surface area contributed by atoms with Gasteiger partial charge in [0.25, 0.3) is 0 Å². The number of rotatable bonds is 3. The smallest absolute Gasteiger partial charge is 0.0468 e. The fraction of sp³-hybridized carbons (Fsp3) is 0.0370. The highest BCUT2D eigenvalue weighted by Crippen LogP contribution is 2.37. The van der Waals surface area contributed by atoms with Crippen LogP contribution in [0.25, 0.3) is 21.5 Å². The van der Waals surface area contributed by atoms with Crippen LogP contribution < -0.4 is 4.90 Å². The Morgan fingerprint density at radius 2 is 1.04 bits per heavy atom. The first-order chi connectivity index (χ1) is 13.8. The summed E-state index contributed by atoms with van der Waals surface area (Å²) in [6, 6.07) is 39.0. The van der Waals surface area contributed by atoms with Crippen molar-refractivity contribution < 1.29 is 0 Å². The van der Waals surface area contributed by atoms with Crippen molar-refractivity contribution in [3.8, 4) is 0 Å². The van der Waals surface area contributed by atoms with Gasteiger partial charge in [-0.2, -0.15) is 0 Å². The third kappa shape index (κ3) is 2.91. The molecule has 0 amide bonds. The summed E-state index contributed by atoms with van der Waals surface area (Å²) in [4.78, 5) is 2.32. The Balaban J connectivity index is 1.75. The van der Waals surface area contributed by atoms with Crippen LogP contribution in [0.5, 0.6) is 0 Å². The van der Waals surface area contributed by atoms with Crippen molar-refractivity contribution in [1.29, 1.82) is 0 Å². The summed E-state index contributed by atoms with van der Waals surface area (Å²) >= 11 is 0. The SMILES string of the molecule is Cc1ccc(N(c2ccccc2)c2ccc3ccc4ccccc4c3c2)cc1. The molecule has 0 aliphatic carbocycles. The van der Waals surface area contributed by atoms with Gasteiger partial charge in [0.2, 0.25) is 0 Å². The summed E-state index contributed by atoms with van der Waals surface area (Å²) in [6.45, 7) is 2.12. The van der Waals surface area contributed by atoms with Crippen LogP contribution >= 0.6 is 0 Å². The second-order valence-electron chi connectivity index (χ2n) is 7.20. The maximum Gasteiger partial charge on any atom is 0.0468 e. The number of anilines is 3. The van der Waals surface area contributed by atoms with Gasteiger partial charge in [-0.25, -0.2) is 0 Å². The Morgan fingerprint density at radius 3 is 1.82 bits per heavy atom. The number of hydrogen-bond acceptors (Lipinski definition) is 1. The molecule has 1 heteroatoms. The zero-order valence-corrected chi connectivity index (χ0v) is 15.8. The van der Waals surface area contributed by atoms with Crippen LogP contribution in [-0.2, 0) is 0 Å². The molecule has 0 aromatic heterocycles. The fourth-order valence-electron chi connectivity index (χ4n) is 3.85. The molecule has 5 rings (SSSR count). The van der Waals surface area contributed by atoms with Crippen LogP contribution in [0.1, 0.15) is 5.56 Å². The van der Waals surface area contributed by atoms with E-state index in [0.717, 1.165) is 11.4 Å². The molecule has 0 spiro atoms. The molecule has 0 aliphatic rings. The predicted molar refractivity (Wildman–Crippen MR) is 121 cm³/mol.